The lowest BCUT2D eigenvalue weighted by atomic mass is 10.2. The van der Waals surface area contributed by atoms with Gasteiger partial charge in [0.25, 0.3) is 11.9 Å². The maximum absolute atomic E-state index is 13.5. The van der Waals surface area contributed by atoms with Crippen LogP contribution >= 0.6 is 0 Å². The SMILES string of the molecule is COc1ccc(F)c(Nc2c(F)c(F)nc(F)c2F)c1. The Balaban J connectivity index is 2.50. The predicted octanol–water partition coefficient (Wildman–Crippen LogP) is 3.53. The first-order valence-corrected chi connectivity index (χ1v) is 5.24. The van der Waals surface area contributed by atoms with Gasteiger partial charge in [-0.2, -0.15) is 22.5 Å². The van der Waals surface area contributed by atoms with Crippen LogP contribution in [-0.4, -0.2) is 12.1 Å². The Labute approximate surface area is 110 Å². The Hall–Kier alpha value is -2.38. The van der Waals surface area contributed by atoms with E-state index in [1.54, 1.807) is 0 Å². The minimum atomic E-state index is -1.84. The number of rotatable bonds is 3. The molecule has 3 nitrogen and oxygen atoms in total. The number of halogens is 5. The van der Waals surface area contributed by atoms with Crippen LogP contribution in [0.5, 0.6) is 5.75 Å². The molecule has 2 rings (SSSR count). The van der Waals surface area contributed by atoms with Crippen molar-refractivity contribution < 1.29 is 26.7 Å². The Morgan fingerprint density at radius 2 is 1.60 bits per heavy atom. The summed E-state index contributed by atoms with van der Waals surface area (Å²) in [6.45, 7) is 0. The normalized spacial score (nSPS) is 10.5. The summed E-state index contributed by atoms with van der Waals surface area (Å²) in [6, 6.07) is 3.30. The van der Waals surface area contributed by atoms with E-state index in [1.165, 1.54) is 13.2 Å². The van der Waals surface area contributed by atoms with Crippen molar-refractivity contribution in [2.24, 2.45) is 0 Å². The number of nitrogens with zero attached hydrogens (tertiary/aromatic N) is 1. The van der Waals surface area contributed by atoms with E-state index in [2.05, 4.69) is 4.98 Å². The molecule has 20 heavy (non-hydrogen) atoms. The number of hydrogen-bond donors (Lipinski definition) is 1. The smallest absolute Gasteiger partial charge is 0.253 e. The molecule has 0 aliphatic heterocycles. The second kappa shape index (κ2) is 5.32. The molecule has 0 aliphatic carbocycles. The average molecular weight is 290 g/mol. The highest BCUT2D eigenvalue weighted by Gasteiger charge is 2.21. The predicted molar refractivity (Wildman–Crippen MR) is 60.3 cm³/mol. The summed E-state index contributed by atoms with van der Waals surface area (Å²) in [5.41, 5.74) is -1.59. The van der Waals surface area contributed by atoms with Crippen molar-refractivity contribution in [2.45, 2.75) is 0 Å². The van der Waals surface area contributed by atoms with Gasteiger partial charge in [0.2, 0.25) is 11.6 Å². The van der Waals surface area contributed by atoms with Gasteiger partial charge in [0, 0.05) is 6.07 Å². The van der Waals surface area contributed by atoms with E-state index in [4.69, 9.17) is 4.74 Å². The minimum absolute atomic E-state index is 0.185. The molecule has 1 heterocycles. The summed E-state index contributed by atoms with van der Waals surface area (Å²) in [7, 11) is 1.30. The molecule has 1 N–H and O–H groups in total. The van der Waals surface area contributed by atoms with E-state index in [0.29, 0.717) is 0 Å². The molecule has 8 heteroatoms. The average Bonchev–Trinajstić information content (AvgIpc) is 2.43. The van der Waals surface area contributed by atoms with Crippen LogP contribution in [0.1, 0.15) is 0 Å². The summed E-state index contributed by atoms with van der Waals surface area (Å²) < 4.78 is 70.9. The lowest BCUT2D eigenvalue weighted by Crippen LogP contribution is -2.07. The van der Waals surface area contributed by atoms with Gasteiger partial charge in [-0.05, 0) is 12.1 Å². The maximum atomic E-state index is 13.5. The second-order valence-electron chi connectivity index (χ2n) is 3.67. The zero-order valence-corrected chi connectivity index (χ0v) is 9.98. The van der Waals surface area contributed by atoms with Crippen molar-refractivity contribution in [2.75, 3.05) is 12.4 Å². The molecule has 0 aliphatic rings. The van der Waals surface area contributed by atoms with Crippen LogP contribution in [0.4, 0.5) is 33.3 Å². The van der Waals surface area contributed by atoms with Gasteiger partial charge in [-0.15, -0.1) is 0 Å². The first-order valence-electron chi connectivity index (χ1n) is 5.24. The molecule has 0 bridgehead atoms. The van der Waals surface area contributed by atoms with Gasteiger partial charge >= 0.3 is 0 Å². The molecule has 2 aromatic rings. The Morgan fingerprint density at radius 1 is 1.00 bits per heavy atom. The van der Waals surface area contributed by atoms with E-state index in [-0.39, 0.29) is 5.75 Å². The largest absolute Gasteiger partial charge is 0.497 e. The van der Waals surface area contributed by atoms with Gasteiger partial charge in [-0.1, -0.05) is 0 Å². The van der Waals surface area contributed by atoms with Gasteiger partial charge in [-0.3, -0.25) is 0 Å². The van der Waals surface area contributed by atoms with Crippen LogP contribution in [-0.2, 0) is 0 Å². The topological polar surface area (TPSA) is 34.1 Å². The van der Waals surface area contributed by atoms with Crippen LogP contribution < -0.4 is 10.1 Å². The summed E-state index contributed by atoms with van der Waals surface area (Å²) >= 11 is 0. The van der Waals surface area contributed by atoms with Crippen LogP contribution in [0.3, 0.4) is 0 Å². The summed E-state index contributed by atoms with van der Waals surface area (Å²) in [5.74, 6) is -7.89. The zero-order valence-electron chi connectivity index (χ0n) is 9.98. The number of nitrogens with one attached hydrogen (secondary N) is 1. The standard InChI is InChI=1S/C12H7F5N2O/c1-20-5-2-3-6(13)7(4-5)18-10-8(14)11(16)19-12(17)9(10)15/h2-4H,1H3,(H,18,19). The Kier molecular flexibility index (Phi) is 3.73. The molecule has 0 fully saturated rings. The van der Waals surface area contributed by atoms with Gasteiger partial charge in [0.15, 0.2) is 0 Å². The summed E-state index contributed by atoms with van der Waals surface area (Å²) in [5, 5.41) is 1.94. The lowest BCUT2D eigenvalue weighted by Gasteiger charge is -2.11. The maximum Gasteiger partial charge on any atom is 0.253 e. The number of pyridine rings is 1. The molecule has 1 aromatic carbocycles. The monoisotopic (exact) mass is 290 g/mol. The van der Waals surface area contributed by atoms with Gasteiger partial charge in [-0.25, -0.2) is 4.39 Å². The highest BCUT2D eigenvalue weighted by molar-refractivity contribution is 5.62. The molecule has 1 aromatic heterocycles. The van der Waals surface area contributed by atoms with Crippen molar-refractivity contribution in [1.29, 1.82) is 0 Å². The molecule has 0 unspecified atom stereocenters. The van der Waals surface area contributed by atoms with Crippen LogP contribution in [0.15, 0.2) is 18.2 Å². The van der Waals surface area contributed by atoms with Crippen LogP contribution in [0, 0.1) is 29.3 Å². The molecule has 0 amide bonds. The molecule has 0 saturated heterocycles. The first kappa shape index (κ1) is 14.0. The van der Waals surface area contributed by atoms with Crippen LogP contribution in [0.2, 0.25) is 0 Å². The number of benzene rings is 1. The fraction of sp³-hybridized carbons (Fsp3) is 0.0833. The van der Waals surface area contributed by atoms with Crippen molar-refractivity contribution in [3.63, 3.8) is 0 Å². The van der Waals surface area contributed by atoms with Crippen molar-refractivity contribution in [3.8, 4) is 5.75 Å². The molecule has 106 valence electrons. The van der Waals surface area contributed by atoms with Crippen molar-refractivity contribution >= 4 is 11.4 Å². The second-order valence-corrected chi connectivity index (χ2v) is 3.67. The van der Waals surface area contributed by atoms with E-state index in [1.807, 2.05) is 5.32 Å². The van der Waals surface area contributed by atoms with Crippen LogP contribution in [0.25, 0.3) is 0 Å². The van der Waals surface area contributed by atoms with Crippen molar-refractivity contribution in [3.05, 3.63) is 47.5 Å². The fourth-order valence-corrected chi connectivity index (χ4v) is 1.46. The molecule has 0 spiro atoms. The van der Waals surface area contributed by atoms with E-state index < -0.39 is 40.7 Å². The first-order chi connectivity index (χ1) is 9.43. The van der Waals surface area contributed by atoms with Gasteiger partial charge in [0.05, 0.1) is 12.8 Å². The highest BCUT2D eigenvalue weighted by Crippen LogP contribution is 2.29. The Morgan fingerprint density at radius 3 is 2.15 bits per heavy atom. The quantitative estimate of drug-likeness (QED) is 0.693. The molecule has 0 saturated carbocycles. The number of anilines is 2. The summed E-state index contributed by atoms with van der Waals surface area (Å²) in [4.78, 5) is 2.39. The van der Waals surface area contributed by atoms with E-state index in [9.17, 15) is 22.0 Å². The Bertz CT molecular complexity index is 637. The molecule has 0 radical (unpaired) electrons. The molecule has 0 atom stereocenters. The number of ether oxygens (including phenoxy) is 1. The van der Waals surface area contributed by atoms with Crippen molar-refractivity contribution in [1.82, 2.24) is 4.98 Å². The number of methoxy groups -OCH3 is 1. The number of aromatic nitrogens is 1. The van der Waals surface area contributed by atoms with E-state index in [0.717, 1.165) is 12.1 Å². The third kappa shape index (κ3) is 2.49. The van der Waals surface area contributed by atoms with Gasteiger partial charge in [0.1, 0.15) is 17.3 Å². The number of hydrogen-bond acceptors (Lipinski definition) is 3. The van der Waals surface area contributed by atoms with Gasteiger partial charge < -0.3 is 10.1 Å². The highest BCUT2D eigenvalue weighted by atomic mass is 19.2. The fourth-order valence-electron chi connectivity index (χ4n) is 1.46. The molecular formula is C12H7F5N2O. The zero-order chi connectivity index (χ0) is 14.9. The summed E-state index contributed by atoms with van der Waals surface area (Å²) in [6.07, 6.45) is 0. The lowest BCUT2D eigenvalue weighted by molar-refractivity contribution is 0.410. The molecular weight excluding hydrogens is 283 g/mol. The third-order valence-electron chi connectivity index (χ3n) is 2.43. The minimum Gasteiger partial charge on any atom is -0.497 e. The third-order valence-corrected chi connectivity index (χ3v) is 2.43. The van der Waals surface area contributed by atoms with E-state index >= 15 is 0 Å².